The molecule has 1 aromatic rings. The maximum Gasteiger partial charge on any atom is 0.150 e. The molecule has 0 unspecified atom stereocenters. The fourth-order valence-electron chi connectivity index (χ4n) is 1.04. The lowest BCUT2D eigenvalue weighted by atomic mass is 10.1. The highest BCUT2D eigenvalue weighted by molar-refractivity contribution is 6.07. The minimum atomic E-state index is 0.559. The zero-order valence-electron chi connectivity index (χ0n) is 7.59. The van der Waals surface area contributed by atoms with Gasteiger partial charge in [-0.25, -0.2) is 0 Å². The van der Waals surface area contributed by atoms with E-state index in [-0.39, 0.29) is 0 Å². The third-order valence-electron chi connectivity index (χ3n) is 1.70. The molecule has 0 bridgehead atoms. The molecule has 0 saturated carbocycles. The smallest absolute Gasteiger partial charge is 0.150 e. The maximum absolute atomic E-state index is 10.7. The van der Waals surface area contributed by atoms with Crippen LogP contribution in [-0.2, 0) is 9.59 Å². The molecule has 0 aromatic heterocycles. The van der Waals surface area contributed by atoms with Gasteiger partial charge in [0.2, 0.25) is 0 Å². The van der Waals surface area contributed by atoms with Gasteiger partial charge < -0.3 is 0 Å². The Kier molecular flexibility index (Phi) is 4.08. The van der Waals surface area contributed by atoms with E-state index in [1.165, 1.54) is 6.08 Å². The van der Waals surface area contributed by atoms with Crippen LogP contribution in [0.4, 0.5) is 0 Å². The lowest BCUT2D eigenvalue weighted by Gasteiger charge is -1.96. The van der Waals surface area contributed by atoms with Gasteiger partial charge >= 0.3 is 0 Å². The van der Waals surface area contributed by atoms with Gasteiger partial charge in [0.1, 0.15) is 6.29 Å². The van der Waals surface area contributed by atoms with E-state index in [1.54, 1.807) is 12.2 Å². The van der Waals surface area contributed by atoms with Crippen molar-refractivity contribution in [3.63, 3.8) is 0 Å². The Labute approximate surface area is 82.6 Å². The van der Waals surface area contributed by atoms with Crippen LogP contribution in [-0.4, -0.2) is 12.6 Å². The number of hydrogen-bond acceptors (Lipinski definition) is 2. The summed E-state index contributed by atoms with van der Waals surface area (Å²) in [5, 5.41) is 0. The van der Waals surface area contributed by atoms with Gasteiger partial charge in [-0.3, -0.25) is 9.59 Å². The summed E-state index contributed by atoms with van der Waals surface area (Å²) in [5.41, 5.74) is 1.40. The second-order valence-electron chi connectivity index (χ2n) is 2.63. The molecule has 0 amide bonds. The van der Waals surface area contributed by atoms with Crippen LogP contribution >= 0.6 is 0 Å². The van der Waals surface area contributed by atoms with Crippen LogP contribution in [0.15, 0.2) is 48.6 Å². The van der Waals surface area contributed by atoms with Crippen LogP contribution in [0.2, 0.25) is 0 Å². The van der Waals surface area contributed by atoms with Gasteiger partial charge in [0.25, 0.3) is 0 Å². The van der Waals surface area contributed by atoms with Crippen molar-refractivity contribution < 1.29 is 9.59 Å². The van der Waals surface area contributed by atoms with Crippen molar-refractivity contribution in [2.24, 2.45) is 0 Å². The van der Waals surface area contributed by atoms with E-state index in [2.05, 4.69) is 0 Å². The zero-order valence-corrected chi connectivity index (χ0v) is 7.59. The fraction of sp³-hybridized carbons (Fsp3) is 0. The molecule has 0 atom stereocenters. The highest BCUT2D eigenvalue weighted by Gasteiger charge is 1.95. The van der Waals surface area contributed by atoms with Crippen LogP contribution in [0.5, 0.6) is 0 Å². The molecule has 0 spiro atoms. The number of carbonyl (C=O) groups excluding carboxylic acids is 2. The summed E-state index contributed by atoms with van der Waals surface area (Å²) in [4.78, 5) is 20.7. The summed E-state index contributed by atoms with van der Waals surface area (Å²) in [5.74, 6) is 0. The van der Waals surface area contributed by atoms with Crippen molar-refractivity contribution in [1.29, 1.82) is 0 Å². The molecule has 14 heavy (non-hydrogen) atoms. The van der Waals surface area contributed by atoms with Crippen molar-refractivity contribution >= 4 is 18.1 Å². The molecule has 0 saturated heterocycles. The molecule has 1 aromatic carbocycles. The van der Waals surface area contributed by atoms with E-state index in [4.69, 9.17) is 0 Å². The third-order valence-corrected chi connectivity index (χ3v) is 1.70. The van der Waals surface area contributed by atoms with Crippen LogP contribution < -0.4 is 0 Å². The predicted molar refractivity (Wildman–Crippen MR) is 55.7 cm³/mol. The summed E-state index contributed by atoms with van der Waals surface area (Å²) in [7, 11) is 0. The number of hydrogen-bond donors (Lipinski definition) is 0. The van der Waals surface area contributed by atoms with Gasteiger partial charge in [-0.05, 0) is 11.6 Å². The van der Waals surface area contributed by atoms with Gasteiger partial charge in [0.05, 0.1) is 0 Å². The molecule has 2 nitrogen and oxygen atoms in total. The summed E-state index contributed by atoms with van der Waals surface area (Å²) in [6.07, 6.45) is 5.93. The summed E-state index contributed by atoms with van der Waals surface area (Å²) in [6.45, 7) is 0. The summed E-state index contributed by atoms with van der Waals surface area (Å²) < 4.78 is 0. The minimum Gasteiger partial charge on any atom is -0.299 e. The number of carbonyl (C=O) groups is 2. The van der Waals surface area contributed by atoms with E-state index in [0.717, 1.165) is 11.8 Å². The Morgan fingerprint density at radius 3 is 2.29 bits per heavy atom. The van der Waals surface area contributed by atoms with Crippen molar-refractivity contribution in [2.75, 3.05) is 0 Å². The van der Waals surface area contributed by atoms with Crippen LogP contribution in [0, 0.1) is 0 Å². The van der Waals surface area contributed by atoms with Gasteiger partial charge in [-0.15, -0.1) is 0 Å². The molecule has 70 valence electrons. The van der Waals surface area contributed by atoms with E-state index in [1.807, 2.05) is 30.3 Å². The Morgan fingerprint density at radius 2 is 1.71 bits per heavy atom. The molecule has 1 rings (SSSR count). The molecule has 0 heterocycles. The van der Waals surface area contributed by atoms with Gasteiger partial charge in [-0.1, -0.05) is 42.5 Å². The third kappa shape index (κ3) is 2.83. The summed E-state index contributed by atoms with van der Waals surface area (Å²) in [6, 6.07) is 9.28. The van der Waals surface area contributed by atoms with Crippen LogP contribution in [0.25, 0.3) is 5.57 Å². The molecule has 2 heteroatoms. The first-order valence-electron chi connectivity index (χ1n) is 4.21. The number of aldehydes is 2. The molecular weight excluding hydrogens is 176 g/mol. The summed E-state index contributed by atoms with van der Waals surface area (Å²) >= 11 is 0. The number of benzene rings is 1. The molecule has 0 aliphatic heterocycles. The normalized spacial score (nSPS) is 11.6. The minimum absolute atomic E-state index is 0.559. The van der Waals surface area contributed by atoms with E-state index in [0.29, 0.717) is 11.9 Å². The largest absolute Gasteiger partial charge is 0.299 e. The molecule has 0 radical (unpaired) electrons. The first-order valence-corrected chi connectivity index (χ1v) is 4.21. The fourth-order valence-corrected chi connectivity index (χ4v) is 1.04. The molecule has 0 N–H and O–H groups in total. The Hall–Kier alpha value is -1.96. The van der Waals surface area contributed by atoms with Crippen LogP contribution in [0.3, 0.4) is 0 Å². The monoisotopic (exact) mass is 186 g/mol. The molecule has 0 aliphatic rings. The lowest BCUT2D eigenvalue weighted by molar-refractivity contribution is -0.104. The molecular formula is C12H10O2. The van der Waals surface area contributed by atoms with Gasteiger partial charge in [0.15, 0.2) is 6.29 Å². The van der Waals surface area contributed by atoms with Crippen molar-refractivity contribution in [2.45, 2.75) is 0 Å². The Bertz CT molecular complexity index is 361. The van der Waals surface area contributed by atoms with E-state index < -0.39 is 0 Å². The average Bonchev–Trinajstić information content (AvgIpc) is 2.26. The first-order chi connectivity index (χ1) is 6.88. The average molecular weight is 186 g/mol. The standard InChI is InChI=1S/C12H10O2/c13-9-5-4-8-12(10-14)11-6-2-1-3-7-11/h1-10H. The Balaban J connectivity index is 2.93. The lowest BCUT2D eigenvalue weighted by Crippen LogP contribution is -1.83. The predicted octanol–water partition coefficient (Wildman–Crippen LogP) is 2.02. The van der Waals surface area contributed by atoms with Crippen LogP contribution in [0.1, 0.15) is 5.56 Å². The molecule has 0 fully saturated rings. The van der Waals surface area contributed by atoms with Crippen molar-refractivity contribution in [3.8, 4) is 0 Å². The first kappa shape index (κ1) is 10.1. The van der Waals surface area contributed by atoms with Crippen molar-refractivity contribution in [1.82, 2.24) is 0 Å². The zero-order chi connectivity index (χ0) is 10.2. The van der Waals surface area contributed by atoms with Gasteiger partial charge in [0, 0.05) is 5.57 Å². The van der Waals surface area contributed by atoms with Crippen molar-refractivity contribution in [3.05, 3.63) is 54.1 Å². The second kappa shape index (κ2) is 5.65. The highest BCUT2D eigenvalue weighted by atomic mass is 16.1. The SMILES string of the molecule is O=CC=CC=C(C=O)c1ccccc1. The quantitative estimate of drug-likeness (QED) is 0.409. The number of rotatable bonds is 4. The molecule has 0 aliphatic carbocycles. The van der Waals surface area contributed by atoms with E-state index >= 15 is 0 Å². The second-order valence-corrected chi connectivity index (χ2v) is 2.63. The number of allylic oxidation sites excluding steroid dienone is 4. The Morgan fingerprint density at radius 1 is 1.00 bits per heavy atom. The highest BCUT2D eigenvalue weighted by Crippen LogP contribution is 2.10. The van der Waals surface area contributed by atoms with E-state index in [9.17, 15) is 9.59 Å². The van der Waals surface area contributed by atoms with Gasteiger partial charge in [-0.2, -0.15) is 0 Å². The maximum atomic E-state index is 10.7. The topological polar surface area (TPSA) is 34.1 Å².